The highest BCUT2D eigenvalue weighted by atomic mass is 79.9. The van der Waals surface area contributed by atoms with Gasteiger partial charge in [0.1, 0.15) is 12.4 Å². The van der Waals surface area contributed by atoms with Crippen LogP contribution in [-0.4, -0.2) is 30.1 Å². The number of aromatic nitrogens is 1. The molecule has 7 heteroatoms. The van der Waals surface area contributed by atoms with Crippen molar-refractivity contribution in [1.82, 2.24) is 4.98 Å². The molecule has 1 aromatic rings. The summed E-state index contributed by atoms with van der Waals surface area (Å²) in [5.41, 5.74) is 0. The van der Waals surface area contributed by atoms with Gasteiger partial charge >= 0.3 is 6.18 Å². The Hall–Kier alpha value is -0.490. The molecule has 0 spiro atoms. The van der Waals surface area contributed by atoms with Gasteiger partial charge in [-0.25, -0.2) is 4.98 Å². The van der Waals surface area contributed by atoms with E-state index in [1.807, 2.05) is 0 Å². The first-order chi connectivity index (χ1) is 7.42. The van der Waals surface area contributed by atoms with E-state index >= 15 is 0 Å². The van der Waals surface area contributed by atoms with Crippen molar-refractivity contribution in [1.29, 1.82) is 0 Å². The summed E-state index contributed by atoms with van der Waals surface area (Å²) in [5, 5.41) is 0. The number of anilines is 1. The third-order valence-electron chi connectivity index (χ3n) is 1.76. The van der Waals surface area contributed by atoms with Crippen LogP contribution in [0.15, 0.2) is 22.8 Å². The first-order valence-electron chi connectivity index (χ1n) is 4.41. The second-order valence-electron chi connectivity index (χ2n) is 3.06. The van der Waals surface area contributed by atoms with E-state index < -0.39 is 12.7 Å². The summed E-state index contributed by atoms with van der Waals surface area (Å²) in [6.45, 7) is -0.940. The number of hydrogen-bond acceptors (Lipinski definition) is 2. The van der Waals surface area contributed by atoms with E-state index in [1.54, 1.807) is 6.07 Å². The zero-order valence-electron chi connectivity index (χ0n) is 8.14. The van der Waals surface area contributed by atoms with E-state index in [0.717, 1.165) is 4.90 Å². The van der Waals surface area contributed by atoms with Crippen LogP contribution in [-0.2, 0) is 0 Å². The van der Waals surface area contributed by atoms with Gasteiger partial charge in [0.15, 0.2) is 0 Å². The Balaban J connectivity index is 2.80. The smallest absolute Gasteiger partial charge is 0.346 e. The molecule has 0 bridgehead atoms. The largest absolute Gasteiger partial charge is 0.405 e. The topological polar surface area (TPSA) is 16.1 Å². The summed E-state index contributed by atoms with van der Waals surface area (Å²) in [4.78, 5) is 5.00. The average molecular weight is 318 g/mol. The molecule has 90 valence electrons. The van der Waals surface area contributed by atoms with Gasteiger partial charge in [0.2, 0.25) is 0 Å². The molecule has 0 aromatic carbocycles. The fourth-order valence-corrected chi connectivity index (χ4v) is 1.59. The third kappa shape index (κ3) is 4.57. The van der Waals surface area contributed by atoms with Crippen LogP contribution in [0.4, 0.5) is 19.0 Å². The van der Waals surface area contributed by atoms with Crippen molar-refractivity contribution in [2.24, 2.45) is 0 Å². The highest BCUT2D eigenvalue weighted by molar-refractivity contribution is 9.10. The van der Waals surface area contributed by atoms with Crippen LogP contribution in [0.5, 0.6) is 0 Å². The van der Waals surface area contributed by atoms with E-state index in [4.69, 9.17) is 11.6 Å². The second-order valence-corrected chi connectivity index (χ2v) is 4.35. The number of pyridine rings is 1. The summed E-state index contributed by atoms with van der Waals surface area (Å²) in [6, 6.07) is 3.16. The average Bonchev–Trinajstić information content (AvgIpc) is 2.16. The number of nitrogens with zero attached hydrogens (tertiary/aromatic N) is 2. The van der Waals surface area contributed by atoms with Gasteiger partial charge in [-0.2, -0.15) is 13.2 Å². The van der Waals surface area contributed by atoms with Gasteiger partial charge in [-0.05, 0) is 28.1 Å². The van der Waals surface area contributed by atoms with Gasteiger partial charge in [0.25, 0.3) is 0 Å². The fourth-order valence-electron chi connectivity index (χ4n) is 1.15. The Bertz CT molecular complexity index is 329. The summed E-state index contributed by atoms with van der Waals surface area (Å²) in [5.74, 6) is 0.384. The third-order valence-corrected chi connectivity index (χ3v) is 2.40. The van der Waals surface area contributed by atoms with E-state index in [2.05, 4.69) is 20.9 Å². The maximum Gasteiger partial charge on any atom is 0.405 e. The molecule has 0 saturated heterocycles. The molecule has 0 unspecified atom stereocenters. The number of rotatable bonds is 4. The van der Waals surface area contributed by atoms with Gasteiger partial charge in [-0.1, -0.05) is 0 Å². The molecule has 1 aromatic heterocycles. The summed E-state index contributed by atoms with van der Waals surface area (Å²) in [7, 11) is 0. The summed E-state index contributed by atoms with van der Waals surface area (Å²) < 4.78 is 37.5. The lowest BCUT2D eigenvalue weighted by Gasteiger charge is -2.23. The lowest BCUT2D eigenvalue weighted by atomic mass is 10.4. The van der Waals surface area contributed by atoms with Gasteiger partial charge in [-0.3, -0.25) is 0 Å². The zero-order valence-corrected chi connectivity index (χ0v) is 10.5. The van der Waals surface area contributed by atoms with Crippen LogP contribution in [0.2, 0.25) is 0 Å². The minimum Gasteiger partial charge on any atom is -0.346 e. The van der Waals surface area contributed by atoms with E-state index in [0.29, 0.717) is 4.47 Å². The second kappa shape index (κ2) is 5.72. The minimum absolute atomic E-state index is 0.107. The van der Waals surface area contributed by atoms with Crippen molar-refractivity contribution in [3.05, 3.63) is 22.8 Å². The summed E-state index contributed by atoms with van der Waals surface area (Å²) >= 11 is 8.63. The van der Waals surface area contributed by atoms with Crippen molar-refractivity contribution in [2.75, 3.05) is 23.9 Å². The van der Waals surface area contributed by atoms with Crippen LogP contribution in [0.1, 0.15) is 0 Å². The van der Waals surface area contributed by atoms with Crippen molar-refractivity contribution in [3.8, 4) is 0 Å². The lowest BCUT2D eigenvalue weighted by Crippen LogP contribution is -2.36. The molecule has 0 amide bonds. The molecular weight excluding hydrogens is 308 g/mol. The molecule has 1 heterocycles. The standard InChI is InChI=1S/C9H9BrClF3N2/c10-7-1-2-8(15-5-7)16(4-3-11)6-9(12,13)14/h1-2,5H,3-4,6H2. The molecule has 2 nitrogen and oxygen atoms in total. The van der Waals surface area contributed by atoms with Crippen molar-refractivity contribution >= 4 is 33.3 Å². The Morgan fingerprint density at radius 2 is 2.06 bits per heavy atom. The van der Waals surface area contributed by atoms with Gasteiger partial charge in [0.05, 0.1) is 0 Å². The molecule has 0 aliphatic rings. The molecule has 1 rings (SSSR count). The quantitative estimate of drug-likeness (QED) is 0.791. The monoisotopic (exact) mass is 316 g/mol. The highest BCUT2D eigenvalue weighted by Crippen LogP contribution is 2.21. The SMILES string of the molecule is FC(F)(F)CN(CCCl)c1ccc(Br)cn1. The highest BCUT2D eigenvalue weighted by Gasteiger charge is 2.31. The predicted molar refractivity (Wildman–Crippen MR) is 60.9 cm³/mol. The molecule has 0 atom stereocenters. The molecule has 0 saturated carbocycles. The number of hydrogen-bond donors (Lipinski definition) is 0. The van der Waals surface area contributed by atoms with Crippen molar-refractivity contribution in [2.45, 2.75) is 6.18 Å². The fraction of sp³-hybridized carbons (Fsp3) is 0.444. The lowest BCUT2D eigenvalue weighted by molar-refractivity contribution is -0.119. The molecule has 0 N–H and O–H groups in total. The van der Waals surface area contributed by atoms with Crippen molar-refractivity contribution in [3.63, 3.8) is 0 Å². The summed E-state index contributed by atoms with van der Waals surface area (Å²) in [6.07, 6.45) is -2.81. The molecule has 0 fully saturated rings. The van der Waals surface area contributed by atoms with Gasteiger partial charge in [0, 0.05) is 23.1 Å². The maximum atomic E-state index is 12.3. The molecule has 0 radical (unpaired) electrons. The van der Waals surface area contributed by atoms with E-state index in [9.17, 15) is 13.2 Å². The molecular formula is C9H9BrClF3N2. The van der Waals surface area contributed by atoms with Crippen LogP contribution >= 0.6 is 27.5 Å². The minimum atomic E-state index is -4.26. The Labute approximate surface area is 105 Å². The number of alkyl halides is 4. The normalized spacial score (nSPS) is 11.6. The van der Waals surface area contributed by atoms with Gasteiger partial charge in [-0.15, -0.1) is 11.6 Å². The van der Waals surface area contributed by atoms with Crippen LogP contribution in [0, 0.1) is 0 Å². The number of halogens is 5. The molecule has 0 aliphatic heterocycles. The maximum absolute atomic E-state index is 12.3. The Morgan fingerprint density at radius 3 is 2.50 bits per heavy atom. The molecule has 0 aliphatic carbocycles. The van der Waals surface area contributed by atoms with E-state index in [-0.39, 0.29) is 18.2 Å². The first-order valence-corrected chi connectivity index (χ1v) is 5.74. The van der Waals surface area contributed by atoms with Crippen LogP contribution < -0.4 is 4.90 Å². The predicted octanol–water partition coefficient (Wildman–Crippen LogP) is 3.45. The van der Waals surface area contributed by atoms with Crippen LogP contribution in [0.3, 0.4) is 0 Å². The Morgan fingerprint density at radius 1 is 1.38 bits per heavy atom. The molecule has 16 heavy (non-hydrogen) atoms. The Kier molecular flexibility index (Phi) is 4.86. The van der Waals surface area contributed by atoms with Gasteiger partial charge < -0.3 is 4.90 Å². The van der Waals surface area contributed by atoms with E-state index in [1.165, 1.54) is 12.3 Å². The zero-order chi connectivity index (χ0) is 12.2. The van der Waals surface area contributed by atoms with Crippen LogP contribution in [0.25, 0.3) is 0 Å². The van der Waals surface area contributed by atoms with Crippen molar-refractivity contribution < 1.29 is 13.2 Å². The first kappa shape index (κ1) is 13.6.